The maximum Gasteiger partial charge on any atom is 0.211 e. The first-order valence-electron chi connectivity index (χ1n) is 13.2. The van der Waals surface area contributed by atoms with Crippen molar-refractivity contribution in [1.29, 1.82) is 0 Å². The van der Waals surface area contributed by atoms with Gasteiger partial charge in [-0.2, -0.15) is 11.8 Å². The van der Waals surface area contributed by atoms with Gasteiger partial charge in [-0.25, -0.2) is 4.39 Å². The number of aliphatic hydroxyl groups is 2. The van der Waals surface area contributed by atoms with Crippen molar-refractivity contribution >= 4 is 46.6 Å². The Labute approximate surface area is 231 Å². The molecule has 0 heterocycles. The second-order valence-electron chi connectivity index (χ2n) is 11.8. The largest absolute Gasteiger partial charge is 0.390 e. The van der Waals surface area contributed by atoms with E-state index < -0.39 is 51.9 Å². The summed E-state index contributed by atoms with van der Waals surface area (Å²) < 4.78 is 17.3. The third kappa shape index (κ3) is 4.16. The smallest absolute Gasteiger partial charge is 0.211 e. The highest BCUT2D eigenvalue weighted by molar-refractivity contribution is 8.14. The molecule has 4 aliphatic carbocycles. The predicted molar refractivity (Wildman–Crippen MR) is 146 cm³/mol. The molecule has 4 rings (SSSR count). The van der Waals surface area contributed by atoms with Crippen LogP contribution in [0.4, 0.5) is 4.39 Å². The molecule has 0 bridgehead atoms. The molecule has 9 atom stereocenters. The van der Waals surface area contributed by atoms with E-state index in [2.05, 4.69) is 5.32 Å². The quantitative estimate of drug-likeness (QED) is 0.364. The van der Waals surface area contributed by atoms with Crippen molar-refractivity contribution in [2.24, 2.45) is 28.6 Å². The van der Waals surface area contributed by atoms with E-state index in [4.69, 9.17) is 0 Å². The first-order chi connectivity index (χ1) is 17.8. The number of carbonyl (C=O) groups excluding carboxylic acids is 4. The van der Waals surface area contributed by atoms with Crippen molar-refractivity contribution in [3.05, 3.63) is 23.8 Å². The van der Waals surface area contributed by atoms with Gasteiger partial charge in [-0.1, -0.05) is 37.3 Å². The Bertz CT molecular complexity index is 1080. The molecule has 0 radical (unpaired) electrons. The molecule has 7 nitrogen and oxygen atoms in total. The van der Waals surface area contributed by atoms with Crippen LogP contribution in [-0.2, 0) is 19.2 Å². The molecule has 38 heavy (non-hydrogen) atoms. The molecule has 4 aliphatic rings. The van der Waals surface area contributed by atoms with E-state index in [-0.39, 0.29) is 29.0 Å². The Morgan fingerprint density at radius 2 is 2.03 bits per heavy atom. The number of hydrogen-bond acceptors (Lipinski definition) is 8. The van der Waals surface area contributed by atoms with E-state index in [1.807, 2.05) is 6.26 Å². The van der Waals surface area contributed by atoms with E-state index in [1.54, 1.807) is 38.6 Å². The minimum absolute atomic E-state index is 0.108. The highest BCUT2D eigenvalue weighted by atomic mass is 32.2. The number of nitrogens with one attached hydrogen (secondary N) is 1. The number of amides is 1. The molecular formula is C28H38FNO6S2. The van der Waals surface area contributed by atoms with Crippen molar-refractivity contribution in [2.45, 2.75) is 76.3 Å². The predicted octanol–water partition coefficient (Wildman–Crippen LogP) is 3.03. The summed E-state index contributed by atoms with van der Waals surface area (Å²) in [6.07, 6.45) is 7.01. The zero-order valence-corrected chi connectivity index (χ0v) is 24.0. The molecule has 0 spiro atoms. The maximum atomic E-state index is 17.3. The van der Waals surface area contributed by atoms with Crippen LogP contribution in [0.1, 0.15) is 52.9 Å². The van der Waals surface area contributed by atoms with E-state index in [1.165, 1.54) is 12.2 Å². The lowest BCUT2D eigenvalue weighted by molar-refractivity contribution is -0.218. The summed E-state index contributed by atoms with van der Waals surface area (Å²) in [5.74, 6) is -1.77. The highest BCUT2D eigenvalue weighted by Gasteiger charge is 2.75. The maximum absolute atomic E-state index is 17.3. The van der Waals surface area contributed by atoms with Gasteiger partial charge in [-0.3, -0.25) is 19.2 Å². The van der Waals surface area contributed by atoms with Gasteiger partial charge in [0, 0.05) is 16.7 Å². The minimum atomic E-state index is -2.04. The summed E-state index contributed by atoms with van der Waals surface area (Å²) >= 11 is 2.32. The van der Waals surface area contributed by atoms with Crippen LogP contribution < -0.4 is 5.32 Å². The van der Waals surface area contributed by atoms with Crippen LogP contribution in [0, 0.1) is 28.6 Å². The van der Waals surface area contributed by atoms with Gasteiger partial charge >= 0.3 is 0 Å². The standard InChI is InChI=1S/C28H38FNO6S2/c1-16-11-20-19-6-5-17-12-18(32)7-9-25(17,2)27(19,29)22(33)13-26(20,3)28(16,36)23(34)14-38-24(35)21(30-15-31)8-10-37-4/h7,9,12,15-16,19-22,33,36H,5-6,8,10-11,13-14H2,1-4H3,(H,30,31)/t16?,19-,20-,21?,22?,25-,26-,27-,28-/m0/s1. The average Bonchev–Trinajstić information content (AvgIpc) is 3.07. The summed E-state index contributed by atoms with van der Waals surface area (Å²) in [7, 11) is 0. The third-order valence-electron chi connectivity index (χ3n) is 10.2. The van der Waals surface area contributed by atoms with Gasteiger partial charge in [0.25, 0.3) is 0 Å². The third-order valence-corrected chi connectivity index (χ3v) is 11.8. The number of hydrogen-bond donors (Lipinski definition) is 3. The number of thioether (sulfide) groups is 2. The molecule has 3 saturated carbocycles. The van der Waals surface area contributed by atoms with E-state index >= 15 is 4.39 Å². The first kappa shape index (κ1) is 29.5. The van der Waals surface area contributed by atoms with Crippen LogP contribution in [0.5, 0.6) is 0 Å². The van der Waals surface area contributed by atoms with E-state index in [0.29, 0.717) is 43.4 Å². The normalized spacial score (nSPS) is 42.4. The van der Waals surface area contributed by atoms with Gasteiger partial charge in [0.05, 0.1) is 17.9 Å². The van der Waals surface area contributed by atoms with Gasteiger partial charge < -0.3 is 15.5 Å². The molecule has 10 heteroatoms. The molecule has 0 aromatic heterocycles. The zero-order chi connectivity index (χ0) is 28.1. The van der Waals surface area contributed by atoms with Crippen LogP contribution in [-0.4, -0.2) is 74.5 Å². The number of aliphatic hydroxyl groups excluding tert-OH is 1. The topological polar surface area (TPSA) is 121 Å². The molecule has 0 saturated heterocycles. The van der Waals surface area contributed by atoms with Crippen LogP contribution in [0.3, 0.4) is 0 Å². The van der Waals surface area contributed by atoms with Crippen molar-refractivity contribution < 1.29 is 33.8 Å². The Balaban J connectivity index is 1.59. The van der Waals surface area contributed by atoms with Crippen LogP contribution in [0.25, 0.3) is 0 Å². The number of Topliss-reactive ketones (excluding diaryl/α,β-unsaturated/α-hetero) is 1. The molecule has 1 amide bonds. The van der Waals surface area contributed by atoms with Crippen molar-refractivity contribution in [3.8, 4) is 0 Å². The number of carbonyl (C=O) groups is 4. The molecule has 210 valence electrons. The lowest BCUT2D eigenvalue weighted by Crippen LogP contribution is -2.69. The van der Waals surface area contributed by atoms with Crippen molar-refractivity contribution in [1.82, 2.24) is 5.32 Å². The molecule has 0 aliphatic heterocycles. The summed E-state index contributed by atoms with van der Waals surface area (Å²) in [6.45, 7) is 5.29. The summed E-state index contributed by atoms with van der Waals surface area (Å²) in [4.78, 5) is 49.4. The van der Waals surface area contributed by atoms with Gasteiger partial charge in [-0.15, -0.1) is 0 Å². The molecule has 0 aromatic carbocycles. The number of rotatable bonds is 9. The summed E-state index contributed by atoms with van der Waals surface area (Å²) in [5, 5.41) is 25.6. The lowest BCUT2D eigenvalue weighted by atomic mass is 9.44. The number of ketones is 2. The van der Waals surface area contributed by atoms with Crippen molar-refractivity contribution in [3.63, 3.8) is 0 Å². The molecule has 3 unspecified atom stereocenters. The van der Waals surface area contributed by atoms with E-state index in [9.17, 15) is 29.4 Å². The molecule has 3 N–H and O–H groups in total. The average molecular weight is 568 g/mol. The van der Waals surface area contributed by atoms with Crippen molar-refractivity contribution in [2.75, 3.05) is 17.8 Å². The second kappa shape index (κ2) is 10.5. The van der Waals surface area contributed by atoms with Crippen LogP contribution in [0.15, 0.2) is 23.8 Å². The Morgan fingerprint density at radius 1 is 1.32 bits per heavy atom. The fourth-order valence-electron chi connectivity index (χ4n) is 8.07. The van der Waals surface area contributed by atoms with Crippen LogP contribution >= 0.6 is 23.5 Å². The highest BCUT2D eigenvalue weighted by Crippen LogP contribution is 2.70. The second-order valence-corrected chi connectivity index (χ2v) is 13.8. The zero-order valence-electron chi connectivity index (χ0n) is 22.4. The SMILES string of the molecule is CSCCC(NC=O)C(=O)SCC(=O)[C@@]1(O)C(C)C[C@H]2[C@@H]3CCC4=CC(=O)C=C[C@]4(C)[C@@]3(F)C(O)C[C@@]21C. The number of halogens is 1. The fraction of sp³-hybridized carbons (Fsp3) is 0.714. The minimum Gasteiger partial charge on any atom is -0.390 e. The van der Waals surface area contributed by atoms with E-state index in [0.717, 1.165) is 11.8 Å². The fourth-order valence-corrected chi connectivity index (χ4v) is 9.43. The first-order valence-corrected chi connectivity index (χ1v) is 15.6. The Kier molecular flexibility index (Phi) is 8.14. The van der Waals surface area contributed by atoms with Gasteiger partial charge in [0.2, 0.25) is 11.5 Å². The van der Waals surface area contributed by atoms with Crippen LogP contribution in [0.2, 0.25) is 0 Å². The monoisotopic (exact) mass is 567 g/mol. The van der Waals surface area contributed by atoms with Gasteiger partial charge in [0.1, 0.15) is 5.60 Å². The Morgan fingerprint density at radius 3 is 2.68 bits per heavy atom. The Hall–Kier alpha value is -1.49. The lowest BCUT2D eigenvalue weighted by Gasteiger charge is -2.62. The summed E-state index contributed by atoms with van der Waals surface area (Å²) in [5.41, 5.74) is -5.42. The number of alkyl halides is 1. The molecule has 0 aromatic rings. The van der Waals surface area contributed by atoms with Gasteiger partial charge in [0.15, 0.2) is 17.2 Å². The summed E-state index contributed by atoms with van der Waals surface area (Å²) in [6, 6.07) is -0.721. The number of fused-ring (bicyclic) bond motifs is 5. The molecular weight excluding hydrogens is 529 g/mol. The number of allylic oxidation sites excluding steroid dienone is 4. The molecule has 3 fully saturated rings. The van der Waals surface area contributed by atoms with Gasteiger partial charge in [-0.05, 0) is 75.0 Å².